The van der Waals surface area contributed by atoms with Crippen LogP contribution in [0.3, 0.4) is 0 Å². The van der Waals surface area contributed by atoms with Crippen LogP contribution in [0.2, 0.25) is 0 Å². The quantitative estimate of drug-likeness (QED) is 0.710. The highest BCUT2D eigenvalue weighted by molar-refractivity contribution is 6.04. The van der Waals surface area contributed by atoms with Crippen molar-refractivity contribution in [1.82, 2.24) is 0 Å². The number of esters is 1. The molecule has 0 heterocycles. The number of nitriles is 1. The Hall–Kier alpha value is -2.22. The highest BCUT2D eigenvalue weighted by atomic mass is 16.5. The van der Waals surface area contributed by atoms with Gasteiger partial charge in [0.1, 0.15) is 12.7 Å². The molecule has 138 valence electrons. The van der Waals surface area contributed by atoms with Crippen molar-refractivity contribution in [3.05, 3.63) is 23.3 Å². The summed E-state index contributed by atoms with van der Waals surface area (Å²) >= 11 is 0. The number of Topliss-reactive ketones (excluding diaryl/α,β-unsaturated/α-hetero) is 1. The molecule has 0 aromatic rings. The Balaban J connectivity index is 2.18. The highest BCUT2D eigenvalue weighted by Gasteiger charge is 2.60. The highest BCUT2D eigenvalue weighted by Crippen LogP contribution is 2.64. The van der Waals surface area contributed by atoms with Gasteiger partial charge in [0.05, 0.1) is 5.57 Å². The summed E-state index contributed by atoms with van der Waals surface area (Å²) in [5, 5.41) is 9.49. The van der Waals surface area contributed by atoms with Crippen molar-refractivity contribution in [2.45, 2.75) is 53.4 Å². The first kappa shape index (κ1) is 18.6. The number of ketones is 2. The number of nitrogens with zero attached hydrogens (tertiary/aromatic N) is 1. The molecule has 3 atom stereocenters. The van der Waals surface area contributed by atoms with E-state index in [2.05, 4.69) is 6.07 Å². The average Bonchev–Trinajstić information content (AvgIpc) is 2.57. The van der Waals surface area contributed by atoms with Crippen LogP contribution in [0.1, 0.15) is 53.4 Å². The first-order valence-corrected chi connectivity index (χ1v) is 9.13. The molecule has 26 heavy (non-hydrogen) atoms. The fourth-order valence-electron chi connectivity index (χ4n) is 5.48. The lowest BCUT2D eigenvalue weighted by Gasteiger charge is -2.58. The van der Waals surface area contributed by atoms with E-state index in [4.69, 9.17) is 4.74 Å². The van der Waals surface area contributed by atoms with Crippen LogP contribution in [-0.2, 0) is 19.1 Å². The van der Waals surface area contributed by atoms with E-state index < -0.39 is 16.2 Å². The zero-order valence-electron chi connectivity index (χ0n) is 15.8. The molecule has 5 nitrogen and oxygen atoms in total. The molecule has 0 N–H and O–H groups in total. The zero-order chi connectivity index (χ0) is 19.3. The summed E-state index contributed by atoms with van der Waals surface area (Å²) in [4.78, 5) is 36.4. The number of carbonyl (C=O) groups is 3. The topological polar surface area (TPSA) is 84.2 Å². The molecular weight excluding hydrogens is 330 g/mol. The van der Waals surface area contributed by atoms with E-state index >= 15 is 0 Å². The van der Waals surface area contributed by atoms with Crippen molar-refractivity contribution < 1.29 is 19.1 Å². The van der Waals surface area contributed by atoms with E-state index in [-0.39, 0.29) is 35.6 Å². The molecule has 0 aromatic carbocycles. The molecule has 0 bridgehead atoms. The summed E-state index contributed by atoms with van der Waals surface area (Å²) in [6.07, 6.45) is 6.08. The molecule has 3 aliphatic carbocycles. The molecule has 5 heteroatoms. The molecule has 1 fully saturated rings. The number of allylic oxidation sites excluding steroid dienone is 3. The van der Waals surface area contributed by atoms with Crippen molar-refractivity contribution in [2.24, 2.45) is 22.2 Å². The fourth-order valence-corrected chi connectivity index (χ4v) is 5.48. The predicted molar refractivity (Wildman–Crippen MR) is 94.7 cm³/mol. The summed E-state index contributed by atoms with van der Waals surface area (Å²) in [5.74, 6) is -0.405. The van der Waals surface area contributed by atoms with Crippen LogP contribution in [0.5, 0.6) is 0 Å². The number of hydrogen-bond acceptors (Lipinski definition) is 5. The second-order valence-corrected chi connectivity index (χ2v) is 8.68. The van der Waals surface area contributed by atoms with E-state index in [1.165, 1.54) is 6.92 Å². The Kier molecular flexibility index (Phi) is 4.22. The van der Waals surface area contributed by atoms with E-state index in [9.17, 15) is 19.6 Å². The lowest BCUT2D eigenvalue weighted by atomic mass is 9.45. The maximum atomic E-state index is 12.7. The third kappa shape index (κ3) is 2.55. The molecule has 0 unspecified atom stereocenters. The molecule has 0 saturated heterocycles. The molecule has 3 aliphatic rings. The third-order valence-electron chi connectivity index (χ3n) is 6.76. The van der Waals surface area contributed by atoms with Crippen LogP contribution >= 0.6 is 0 Å². The van der Waals surface area contributed by atoms with Gasteiger partial charge in [0.25, 0.3) is 0 Å². The van der Waals surface area contributed by atoms with Crippen molar-refractivity contribution >= 4 is 17.5 Å². The fraction of sp³-hybridized carbons (Fsp3) is 0.619. The van der Waals surface area contributed by atoms with E-state index in [1.54, 1.807) is 12.2 Å². The van der Waals surface area contributed by atoms with Gasteiger partial charge in [-0.15, -0.1) is 0 Å². The minimum Gasteiger partial charge on any atom is -0.465 e. The number of fused-ring (bicyclic) bond motifs is 3. The average molecular weight is 355 g/mol. The Morgan fingerprint density at radius 1 is 1.31 bits per heavy atom. The summed E-state index contributed by atoms with van der Waals surface area (Å²) in [6, 6.07) is 2.05. The van der Waals surface area contributed by atoms with Crippen LogP contribution in [0.4, 0.5) is 0 Å². The Labute approximate surface area is 154 Å². The minimum absolute atomic E-state index is 0.00204. The molecule has 0 amide bonds. The van der Waals surface area contributed by atoms with Gasteiger partial charge in [0.2, 0.25) is 0 Å². The molecule has 0 aromatic heterocycles. The Bertz CT molecular complexity index is 797. The van der Waals surface area contributed by atoms with Crippen LogP contribution < -0.4 is 0 Å². The molecule has 1 saturated carbocycles. The van der Waals surface area contributed by atoms with Gasteiger partial charge < -0.3 is 4.74 Å². The van der Waals surface area contributed by atoms with Crippen LogP contribution in [0, 0.1) is 33.5 Å². The van der Waals surface area contributed by atoms with Crippen molar-refractivity contribution in [1.29, 1.82) is 5.26 Å². The standard InChI is InChI=1S/C21H25NO4/c1-13(23)26-12-21-7-5-15(24)9-17(21)20(4)10-14(11-22)18(25)19(2,3)16(20)6-8-21/h9-10,16H,5-8,12H2,1-4H3/t16-,20-,21+/m0/s1. The van der Waals surface area contributed by atoms with Crippen LogP contribution in [0.15, 0.2) is 23.3 Å². The minimum atomic E-state index is -0.677. The maximum absolute atomic E-state index is 12.7. The molecule has 0 radical (unpaired) electrons. The van der Waals surface area contributed by atoms with E-state index in [0.29, 0.717) is 12.8 Å². The third-order valence-corrected chi connectivity index (χ3v) is 6.76. The van der Waals surface area contributed by atoms with Gasteiger partial charge in [-0.2, -0.15) is 5.26 Å². The number of rotatable bonds is 2. The Morgan fingerprint density at radius 2 is 2.00 bits per heavy atom. The number of hydrogen-bond donors (Lipinski definition) is 0. The SMILES string of the molecule is CC(=O)OC[C@]12CCC(=O)C=C1[C@@]1(C)C=C(C#N)C(=O)C(C)(C)[C@@H]1CC2. The normalized spacial score (nSPS) is 35.4. The summed E-state index contributed by atoms with van der Waals surface area (Å²) in [6.45, 7) is 7.44. The second kappa shape index (κ2) is 5.90. The maximum Gasteiger partial charge on any atom is 0.302 e. The Morgan fingerprint density at radius 3 is 2.62 bits per heavy atom. The lowest BCUT2D eigenvalue weighted by Crippen LogP contribution is -2.55. The van der Waals surface area contributed by atoms with Gasteiger partial charge in [-0.25, -0.2) is 0 Å². The summed E-state index contributed by atoms with van der Waals surface area (Å²) < 4.78 is 5.38. The van der Waals surface area contributed by atoms with Gasteiger partial charge >= 0.3 is 5.97 Å². The van der Waals surface area contributed by atoms with Gasteiger partial charge in [-0.05, 0) is 36.8 Å². The largest absolute Gasteiger partial charge is 0.465 e. The van der Waals surface area contributed by atoms with Gasteiger partial charge in [0.15, 0.2) is 11.6 Å². The van der Waals surface area contributed by atoms with Crippen LogP contribution in [-0.4, -0.2) is 24.1 Å². The first-order chi connectivity index (χ1) is 12.1. The first-order valence-electron chi connectivity index (χ1n) is 9.13. The van der Waals surface area contributed by atoms with Gasteiger partial charge in [-0.3, -0.25) is 14.4 Å². The zero-order valence-corrected chi connectivity index (χ0v) is 15.8. The predicted octanol–water partition coefficient (Wildman–Crippen LogP) is 3.30. The van der Waals surface area contributed by atoms with E-state index in [0.717, 1.165) is 18.4 Å². The summed E-state index contributed by atoms with van der Waals surface area (Å²) in [5.41, 5.74) is -0.554. The van der Waals surface area contributed by atoms with E-state index in [1.807, 2.05) is 20.8 Å². The van der Waals surface area contributed by atoms with Gasteiger partial charge in [0, 0.05) is 29.6 Å². The van der Waals surface area contributed by atoms with Crippen molar-refractivity contribution in [2.75, 3.05) is 6.61 Å². The van der Waals surface area contributed by atoms with Crippen molar-refractivity contribution in [3.63, 3.8) is 0 Å². The molecule has 0 spiro atoms. The molecule has 3 rings (SSSR count). The molecule has 0 aliphatic heterocycles. The van der Waals surface area contributed by atoms with Crippen molar-refractivity contribution in [3.8, 4) is 6.07 Å². The number of ether oxygens (including phenoxy) is 1. The van der Waals surface area contributed by atoms with Crippen LogP contribution in [0.25, 0.3) is 0 Å². The summed E-state index contributed by atoms with van der Waals surface area (Å²) in [7, 11) is 0. The molecular formula is C21H25NO4. The smallest absolute Gasteiger partial charge is 0.302 e. The second-order valence-electron chi connectivity index (χ2n) is 8.68. The van der Waals surface area contributed by atoms with Gasteiger partial charge in [-0.1, -0.05) is 26.8 Å². The number of carbonyl (C=O) groups excluding carboxylic acids is 3. The lowest BCUT2D eigenvalue weighted by molar-refractivity contribution is -0.146. The monoisotopic (exact) mass is 355 g/mol.